The largest absolute Gasteiger partial charge is 0.493 e. The lowest BCUT2D eigenvalue weighted by molar-refractivity contribution is -0.123. The fourth-order valence-corrected chi connectivity index (χ4v) is 6.73. The molecular formula is C38H40N2O6. The molecule has 0 saturated carbocycles. The number of carbonyl (C=O) groups is 2. The van der Waals surface area contributed by atoms with Crippen LogP contribution in [0.15, 0.2) is 84.9 Å². The fourth-order valence-electron chi connectivity index (χ4n) is 6.73. The van der Waals surface area contributed by atoms with Crippen molar-refractivity contribution in [2.24, 2.45) is 0 Å². The van der Waals surface area contributed by atoms with E-state index < -0.39 is 5.97 Å². The van der Waals surface area contributed by atoms with Crippen LogP contribution >= 0.6 is 0 Å². The lowest BCUT2D eigenvalue weighted by atomic mass is 9.92. The first kappa shape index (κ1) is 31.2. The summed E-state index contributed by atoms with van der Waals surface area (Å²) >= 11 is 0. The molecule has 2 unspecified atom stereocenters. The molecule has 0 bridgehead atoms. The number of aryl methyl sites for hydroxylation is 2. The highest BCUT2D eigenvalue weighted by atomic mass is 16.6. The summed E-state index contributed by atoms with van der Waals surface area (Å²) in [6.45, 7) is 0.962. The Hall–Kier alpha value is -4.82. The highest BCUT2D eigenvalue weighted by Crippen LogP contribution is 2.40. The fraction of sp³-hybridized carbons (Fsp3) is 0.316. The maximum Gasteiger partial charge on any atom is 0.343 e. The minimum atomic E-state index is -0.461. The number of rotatable bonds is 10. The van der Waals surface area contributed by atoms with Crippen molar-refractivity contribution in [3.63, 3.8) is 0 Å². The van der Waals surface area contributed by atoms with E-state index in [0.717, 1.165) is 48.9 Å². The number of hydrogen-bond acceptors (Lipinski definition) is 7. The van der Waals surface area contributed by atoms with Crippen molar-refractivity contribution in [2.75, 3.05) is 34.4 Å². The van der Waals surface area contributed by atoms with E-state index >= 15 is 0 Å². The standard InChI is InChI=1S/C38H40N2O6/c1-43-33-18-15-25(21-34(33)44-2)20-32-30-23-36(46-38(42)27-11-5-4-6-12-27)35(45-3)22-28(30)13-9-19-40(32)24-37(41)39-31-17-16-26-10-7-8-14-29(26)31/h4-8,10-12,14-15,18,21-23,31-32H,9,13,16-17,19-20,24H2,1-3H3,(H,39,41). The lowest BCUT2D eigenvalue weighted by Gasteiger charge is -2.32. The zero-order valence-corrected chi connectivity index (χ0v) is 26.6. The average molecular weight is 621 g/mol. The van der Waals surface area contributed by atoms with E-state index in [2.05, 4.69) is 28.4 Å². The van der Waals surface area contributed by atoms with Crippen molar-refractivity contribution in [1.82, 2.24) is 10.2 Å². The van der Waals surface area contributed by atoms with Gasteiger partial charge in [0.1, 0.15) is 0 Å². The summed E-state index contributed by atoms with van der Waals surface area (Å²) in [7, 11) is 4.82. The number of fused-ring (bicyclic) bond motifs is 2. The zero-order valence-electron chi connectivity index (χ0n) is 26.6. The monoisotopic (exact) mass is 620 g/mol. The van der Waals surface area contributed by atoms with E-state index in [1.54, 1.807) is 45.6 Å². The molecule has 0 aromatic heterocycles. The molecule has 1 heterocycles. The molecule has 8 nitrogen and oxygen atoms in total. The van der Waals surface area contributed by atoms with Gasteiger partial charge in [0, 0.05) is 6.04 Å². The van der Waals surface area contributed by atoms with E-state index in [4.69, 9.17) is 18.9 Å². The number of ether oxygens (including phenoxy) is 4. The van der Waals surface area contributed by atoms with Gasteiger partial charge >= 0.3 is 5.97 Å². The first-order valence-electron chi connectivity index (χ1n) is 15.8. The van der Waals surface area contributed by atoms with E-state index in [0.29, 0.717) is 35.0 Å². The van der Waals surface area contributed by atoms with Crippen LogP contribution in [0.3, 0.4) is 0 Å². The van der Waals surface area contributed by atoms with E-state index in [9.17, 15) is 9.59 Å². The summed E-state index contributed by atoms with van der Waals surface area (Å²) in [6.07, 6.45) is 4.13. The van der Waals surface area contributed by atoms with Gasteiger partial charge < -0.3 is 24.3 Å². The van der Waals surface area contributed by atoms with Gasteiger partial charge in [0.05, 0.1) is 39.5 Å². The smallest absolute Gasteiger partial charge is 0.343 e. The highest BCUT2D eigenvalue weighted by Gasteiger charge is 2.31. The Morgan fingerprint density at radius 3 is 2.28 bits per heavy atom. The van der Waals surface area contributed by atoms with Crippen LogP contribution in [0.1, 0.15) is 63.1 Å². The molecule has 238 valence electrons. The molecule has 0 spiro atoms. The minimum Gasteiger partial charge on any atom is -0.493 e. The molecule has 1 aliphatic carbocycles. The number of nitrogens with one attached hydrogen (secondary N) is 1. The highest BCUT2D eigenvalue weighted by molar-refractivity contribution is 5.91. The van der Waals surface area contributed by atoms with Crippen molar-refractivity contribution in [3.05, 3.63) is 118 Å². The molecule has 2 aliphatic rings. The maximum atomic E-state index is 13.7. The molecule has 4 aromatic carbocycles. The van der Waals surface area contributed by atoms with Crippen molar-refractivity contribution in [1.29, 1.82) is 0 Å². The second-order valence-electron chi connectivity index (χ2n) is 11.8. The van der Waals surface area contributed by atoms with Crippen molar-refractivity contribution >= 4 is 11.9 Å². The summed E-state index contributed by atoms with van der Waals surface area (Å²) in [4.78, 5) is 29.0. The third-order valence-corrected chi connectivity index (χ3v) is 9.02. The number of amides is 1. The van der Waals surface area contributed by atoms with Gasteiger partial charge in [-0.05, 0) is 103 Å². The van der Waals surface area contributed by atoms with Crippen molar-refractivity contribution < 1.29 is 28.5 Å². The number of carbonyl (C=O) groups excluding carboxylic acids is 2. The van der Waals surface area contributed by atoms with E-state index in [-0.39, 0.29) is 24.5 Å². The molecule has 0 fully saturated rings. The van der Waals surface area contributed by atoms with Crippen LogP contribution in [-0.2, 0) is 24.1 Å². The van der Waals surface area contributed by atoms with Gasteiger partial charge in [-0.25, -0.2) is 4.79 Å². The summed E-state index contributed by atoms with van der Waals surface area (Å²) in [5.74, 6) is 1.68. The third-order valence-electron chi connectivity index (χ3n) is 9.02. The second-order valence-corrected chi connectivity index (χ2v) is 11.8. The minimum absolute atomic E-state index is 0.00768. The van der Waals surface area contributed by atoms with Crippen LogP contribution in [0.4, 0.5) is 0 Å². The Bertz CT molecular complexity index is 1710. The molecule has 8 heteroatoms. The zero-order chi connectivity index (χ0) is 32.0. The predicted octanol–water partition coefficient (Wildman–Crippen LogP) is 6.27. The summed E-state index contributed by atoms with van der Waals surface area (Å²) < 4.78 is 22.7. The normalized spacial score (nSPS) is 17.3. The van der Waals surface area contributed by atoms with Crippen LogP contribution < -0.4 is 24.3 Å². The first-order valence-corrected chi connectivity index (χ1v) is 15.8. The molecule has 1 amide bonds. The van der Waals surface area contributed by atoms with Gasteiger partial charge in [-0.1, -0.05) is 48.5 Å². The number of hydrogen-bond donors (Lipinski definition) is 1. The number of methoxy groups -OCH3 is 3. The van der Waals surface area contributed by atoms with Crippen molar-refractivity contribution in [3.8, 4) is 23.0 Å². The van der Waals surface area contributed by atoms with Gasteiger partial charge in [-0.3, -0.25) is 9.69 Å². The van der Waals surface area contributed by atoms with Crippen LogP contribution in [0, 0.1) is 0 Å². The molecule has 1 aliphatic heterocycles. The number of nitrogens with zero attached hydrogens (tertiary/aromatic N) is 1. The SMILES string of the molecule is COc1ccc(CC2c3cc(OC(=O)c4ccccc4)c(OC)cc3CCCN2CC(=O)NC2CCc3ccccc32)cc1OC. The number of benzene rings is 4. The summed E-state index contributed by atoms with van der Waals surface area (Å²) in [5, 5.41) is 3.31. The Kier molecular flexibility index (Phi) is 9.54. The van der Waals surface area contributed by atoms with Crippen LogP contribution in [0.5, 0.6) is 23.0 Å². The maximum absolute atomic E-state index is 13.7. The van der Waals surface area contributed by atoms with E-state index in [1.807, 2.05) is 42.5 Å². The van der Waals surface area contributed by atoms with Crippen LogP contribution in [0.2, 0.25) is 0 Å². The topological polar surface area (TPSA) is 86.3 Å². The molecule has 4 aromatic rings. The first-order chi connectivity index (χ1) is 22.5. The average Bonchev–Trinajstić information content (AvgIpc) is 3.42. The molecule has 1 N–H and O–H groups in total. The Morgan fingerprint density at radius 2 is 1.50 bits per heavy atom. The second kappa shape index (κ2) is 14.1. The molecule has 6 rings (SSSR count). The lowest BCUT2D eigenvalue weighted by Crippen LogP contribution is -2.41. The van der Waals surface area contributed by atoms with Gasteiger partial charge in [0.25, 0.3) is 0 Å². The number of esters is 1. The Balaban J connectivity index is 1.34. The Labute approximate surface area is 270 Å². The van der Waals surface area contributed by atoms with Gasteiger partial charge in [0.15, 0.2) is 23.0 Å². The molecule has 0 radical (unpaired) electrons. The molecule has 0 saturated heterocycles. The molecule has 46 heavy (non-hydrogen) atoms. The molecule has 2 atom stereocenters. The van der Waals surface area contributed by atoms with Gasteiger partial charge in [0.2, 0.25) is 5.91 Å². The predicted molar refractivity (Wildman–Crippen MR) is 176 cm³/mol. The van der Waals surface area contributed by atoms with Gasteiger partial charge in [-0.15, -0.1) is 0 Å². The summed E-state index contributed by atoms with van der Waals surface area (Å²) in [6, 6.07) is 26.9. The van der Waals surface area contributed by atoms with Crippen LogP contribution in [-0.4, -0.2) is 51.2 Å². The molecular weight excluding hydrogens is 580 g/mol. The van der Waals surface area contributed by atoms with Gasteiger partial charge in [-0.2, -0.15) is 0 Å². The quantitative estimate of drug-likeness (QED) is 0.165. The van der Waals surface area contributed by atoms with Crippen molar-refractivity contribution in [2.45, 2.75) is 44.2 Å². The van der Waals surface area contributed by atoms with Crippen LogP contribution in [0.25, 0.3) is 0 Å². The third kappa shape index (κ3) is 6.72. The Morgan fingerprint density at radius 1 is 0.761 bits per heavy atom. The summed E-state index contributed by atoms with van der Waals surface area (Å²) in [5.41, 5.74) is 6.10. The van der Waals surface area contributed by atoms with E-state index in [1.165, 1.54) is 11.1 Å².